The number of ether oxygens (including phenoxy) is 1. The fraction of sp³-hybridized carbons (Fsp3) is 0.167. The molecule has 1 atom stereocenters. The number of hydrogen-bond donors (Lipinski definition) is 2. The van der Waals surface area contributed by atoms with Crippen LogP contribution >= 0.6 is 11.8 Å². The van der Waals surface area contributed by atoms with Crippen molar-refractivity contribution in [1.29, 1.82) is 0 Å². The number of halogens is 3. The molecular weight excluding hydrogens is 411 g/mol. The van der Waals surface area contributed by atoms with Gasteiger partial charge in [-0.05, 0) is 40.8 Å². The highest BCUT2D eigenvalue weighted by molar-refractivity contribution is 8.00. The lowest BCUT2D eigenvalue weighted by atomic mass is 10.3. The minimum Gasteiger partial charge on any atom is -0.404 e. The molecule has 0 saturated heterocycles. The zero-order valence-electron chi connectivity index (χ0n) is 14.9. The highest BCUT2D eigenvalue weighted by Crippen LogP contribution is 2.30. The van der Waals surface area contributed by atoms with Gasteiger partial charge in [-0.15, -0.1) is 13.2 Å². The van der Waals surface area contributed by atoms with E-state index in [1.165, 1.54) is 29.8 Å². The Hall–Kier alpha value is -3.21. The van der Waals surface area contributed by atoms with Gasteiger partial charge in [-0.1, -0.05) is 30.3 Å². The number of benzene rings is 2. The summed E-state index contributed by atoms with van der Waals surface area (Å²) >= 11 is 0.895. The molecule has 7 nitrogen and oxygen atoms in total. The SMILES string of the molecule is CC(Sc1c(=O)o[nH][n+]1-c1ccccc1)C(=O)Nc1ccccc1OC(F)(F)F. The van der Waals surface area contributed by atoms with Gasteiger partial charge in [0.1, 0.15) is 0 Å². The number of alkyl halides is 3. The van der Waals surface area contributed by atoms with Crippen molar-refractivity contribution in [3.05, 3.63) is 65.0 Å². The van der Waals surface area contributed by atoms with Crippen LogP contribution in [0.3, 0.4) is 0 Å². The molecule has 29 heavy (non-hydrogen) atoms. The highest BCUT2D eigenvalue weighted by Gasteiger charge is 2.33. The molecule has 0 radical (unpaired) electrons. The summed E-state index contributed by atoms with van der Waals surface area (Å²) in [7, 11) is 0. The Bertz CT molecular complexity index is 1050. The lowest BCUT2D eigenvalue weighted by Crippen LogP contribution is -2.37. The maximum absolute atomic E-state index is 12.5. The van der Waals surface area contributed by atoms with Gasteiger partial charge in [0.2, 0.25) is 11.6 Å². The molecule has 0 saturated carbocycles. The van der Waals surface area contributed by atoms with E-state index in [0.717, 1.165) is 17.8 Å². The van der Waals surface area contributed by atoms with Gasteiger partial charge in [0, 0.05) is 12.1 Å². The Morgan fingerprint density at radius 1 is 1.17 bits per heavy atom. The molecule has 2 N–H and O–H groups in total. The topological polar surface area (TPSA) is 88.2 Å². The van der Waals surface area contributed by atoms with Gasteiger partial charge in [0.05, 0.1) is 10.9 Å². The number of nitrogens with one attached hydrogen (secondary N) is 2. The van der Waals surface area contributed by atoms with Crippen molar-refractivity contribution in [3.8, 4) is 11.4 Å². The van der Waals surface area contributed by atoms with Crippen LogP contribution in [0.4, 0.5) is 18.9 Å². The molecule has 3 aromatic rings. The van der Waals surface area contributed by atoms with Crippen molar-refractivity contribution in [2.45, 2.75) is 23.6 Å². The van der Waals surface area contributed by atoms with E-state index in [1.54, 1.807) is 30.3 Å². The molecule has 2 aromatic carbocycles. The van der Waals surface area contributed by atoms with Gasteiger partial charge in [-0.2, -0.15) is 0 Å². The minimum absolute atomic E-state index is 0.110. The van der Waals surface area contributed by atoms with Gasteiger partial charge in [0.15, 0.2) is 5.75 Å². The molecule has 0 aliphatic heterocycles. The number of aromatic amines is 1. The van der Waals surface area contributed by atoms with Crippen LogP contribution < -0.4 is 20.4 Å². The number of nitrogens with zero attached hydrogens (tertiary/aromatic N) is 1. The Balaban J connectivity index is 1.77. The van der Waals surface area contributed by atoms with Crippen LogP contribution in [-0.4, -0.2) is 22.8 Å². The van der Waals surface area contributed by atoms with E-state index < -0.39 is 28.9 Å². The highest BCUT2D eigenvalue weighted by atomic mass is 32.2. The van der Waals surface area contributed by atoms with E-state index >= 15 is 0 Å². The van der Waals surface area contributed by atoms with Crippen molar-refractivity contribution >= 4 is 23.4 Å². The number of carbonyl (C=O) groups excluding carboxylic acids is 1. The third-order valence-electron chi connectivity index (χ3n) is 3.65. The van der Waals surface area contributed by atoms with Crippen LogP contribution in [0.2, 0.25) is 0 Å². The number of thioether (sulfide) groups is 1. The second kappa shape index (κ2) is 8.43. The predicted molar refractivity (Wildman–Crippen MR) is 97.9 cm³/mol. The molecule has 0 aliphatic rings. The average Bonchev–Trinajstić information content (AvgIpc) is 3.03. The van der Waals surface area contributed by atoms with Crippen molar-refractivity contribution < 1.29 is 31.9 Å². The number of amides is 1. The predicted octanol–water partition coefficient (Wildman–Crippen LogP) is 3.26. The summed E-state index contributed by atoms with van der Waals surface area (Å²) in [5.41, 5.74) is -0.212. The maximum Gasteiger partial charge on any atom is 0.573 e. The Labute approximate surface area is 166 Å². The molecule has 1 aromatic heterocycles. The molecule has 0 aliphatic carbocycles. The van der Waals surface area contributed by atoms with Crippen molar-refractivity contribution in [3.63, 3.8) is 0 Å². The van der Waals surface area contributed by atoms with Gasteiger partial charge >= 0.3 is 17.0 Å². The molecule has 3 rings (SSSR count). The van der Waals surface area contributed by atoms with Crippen LogP contribution in [-0.2, 0) is 4.79 Å². The van der Waals surface area contributed by atoms with Crippen LogP contribution in [0.5, 0.6) is 5.75 Å². The lowest BCUT2D eigenvalue weighted by molar-refractivity contribution is -0.704. The maximum atomic E-state index is 12.5. The third kappa shape index (κ3) is 5.19. The normalized spacial score (nSPS) is 12.4. The van der Waals surface area contributed by atoms with Gasteiger partial charge in [-0.25, -0.2) is 4.79 Å². The second-order valence-electron chi connectivity index (χ2n) is 5.75. The van der Waals surface area contributed by atoms with Crippen molar-refractivity contribution in [2.24, 2.45) is 0 Å². The molecule has 0 fully saturated rings. The molecule has 152 valence electrons. The van der Waals surface area contributed by atoms with Crippen LogP contribution in [0, 0.1) is 0 Å². The lowest BCUT2D eigenvalue weighted by Gasteiger charge is -2.15. The summed E-state index contributed by atoms with van der Waals surface area (Å²) in [5, 5.41) is 4.12. The molecule has 11 heteroatoms. The molecule has 1 amide bonds. The van der Waals surface area contributed by atoms with Gasteiger partial charge in [0.25, 0.3) is 0 Å². The fourth-order valence-electron chi connectivity index (χ4n) is 2.35. The number of hydrogen-bond acceptors (Lipinski definition) is 5. The molecule has 1 heterocycles. The summed E-state index contributed by atoms with van der Waals surface area (Å²) in [6, 6.07) is 14.0. The Kier molecular flexibility index (Phi) is 5.97. The molecular formula is C18H15F3N3O4S+. The number of para-hydroxylation sites is 3. The first kappa shape index (κ1) is 20.5. The van der Waals surface area contributed by atoms with Gasteiger partial charge in [-0.3, -0.25) is 9.32 Å². The second-order valence-corrected chi connectivity index (χ2v) is 7.08. The summed E-state index contributed by atoms with van der Waals surface area (Å²) in [5.74, 6) is -1.15. The Morgan fingerprint density at radius 3 is 2.52 bits per heavy atom. The zero-order valence-corrected chi connectivity index (χ0v) is 15.7. The third-order valence-corrected chi connectivity index (χ3v) is 4.79. The number of H-pyrrole nitrogens is 1. The van der Waals surface area contributed by atoms with Crippen molar-refractivity contribution in [1.82, 2.24) is 5.27 Å². The quantitative estimate of drug-likeness (QED) is 0.467. The van der Waals surface area contributed by atoms with Crippen molar-refractivity contribution in [2.75, 3.05) is 5.32 Å². The van der Waals surface area contributed by atoms with E-state index in [-0.39, 0.29) is 10.7 Å². The zero-order chi connectivity index (χ0) is 21.0. The van der Waals surface area contributed by atoms with Gasteiger partial charge < -0.3 is 10.1 Å². The summed E-state index contributed by atoms with van der Waals surface area (Å²) < 4.78 is 47.7. The Morgan fingerprint density at radius 2 is 1.83 bits per heavy atom. The van der Waals surface area contributed by atoms with E-state index in [1.807, 2.05) is 0 Å². The fourth-order valence-corrected chi connectivity index (χ4v) is 3.24. The standard InChI is InChI=1S/C18H14F3N3O4S/c1-11(15(25)22-13-9-5-6-10-14(13)27-18(19,20)21)29-16-17(26)28-23-24(16)12-7-3-2-4-8-12/h2-11H,1H3,(H-,22,23,25,26)/p+1. The number of rotatable bonds is 6. The first-order valence-corrected chi connectivity index (χ1v) is 9.14. The smallest absolute Gasteiger partial charge is 0.404 e. The van der Waals surface area contributed by atoms with Crippen LogP contribution in [0.25, 0.3) is 5.69 Å². The van der Waals surface area contributed by atoms with E-state index in [9.17, 15) is 22.8 Å². The number of aromatic nitrogens is 2. The summed E-state index contributed by atoms with van der Waals surface area (Å²) in [6.45, 7) is 1.51. The molecule has 0 spiro atoms. The largest absolute Gasteiger partial charge is 0.573 e. The minimum atomic E-state index is -4.90. The number of carbonyl (C=O) groups is 1. The molecule has 1 unspecified atom stereocenters. The monoisotopic (exact) mass is 426 g/mol. The van der Waals surface area contributed by atoms with Crippen LogP contribution in [0.15, 0.2) is 68.9 Å². The van der Waals surface area contributed by atoms with E-state index in [2.05, 4.69) is 15.3 Å². The average molecular weight is 426 g/mol. The molecule has 0 bridgehead atoms. The van der Waals surface area contributed by atoms with Crippen LogP contribution in [0.1, 0.15) is 6.92 Å². The summed E-state index contributed by atoms with van der Waals surface area (Å²) in [4.78, 5) is 24.5. The van der Waals surface area contributed by atoms with E-state index in [0.29, 0.717) is 5.69 Å². The number of anilines is 1. The summed E-state index contributed by atoms with van der Waals surface area (Å²) in [6.07, 6.45) is -4.90. The van der Waals surface area contributed by atoms with E-state index in [4.69, 9.17) is 4.52 Å². The first-order valence-electron chi connectivity index (χ1n) is 8.26. The first-order chi connectivity index (χ1) is 13.7.